The molecule has 0 amide bonds. The fourth-order valence-electron chi connectivity index (χ4n) is 2.02. The fraction of sp³-hybridized carbons (Fsp3) is 0.188. The number of para-hydroxylation sites is 1. The van der Waals surface area contributed by atoms with Crippen LogP contribution >= 0.6 is 0 Å². The number of aromatic nitrogens is 3. The van der Waals surface area contributed by atoms with Crippen LogP contribution in [-0.4, -0.2) is 21.5 Å². The molecule has 106 valence electrons. The van der Waals surface area contributed by atoms with Crippen molar-refractivity contribution in [2.24, 2.45) is 0 Å². The maximum Gasteiger partial charge on any atom is 0.224 e. The summed E-state index contributed by atoms with van der Waals surface area (Å²) in [7, 11) is 0. The molecule has 2 aromatic heterocycles. The molecule has 5 heteroatoms. The zero-order valence-electron chi connectivity index (χ0n) is 11.8. The first-order valence-electron chi connectivity index (χ1n) is 6.94. The number of fused-ring (bicyclic) bond motifs is 1. The van der Waals surface area contributed by atoms with E-state index in [4.69, 9.17) is 4.74 Å². The van der Waals surface area contributed by atoms with Gasteiger partial charge in [0.25, 0.3) is 0 Å². The third-order valence-electron chi connectivity index (χ3n) is 3.01. The average molecular weight is 280 g/mol. The Labute approximate surface area is 123 Å². The van der Waals surface area contributed by atoms with Crippen LogP contribution in [0.2, 0.25) is 0 Å². The Balaban J connectivity index is 1.88. The Kier molecular flexibility index (Phi) is 3.91. The molecular weight excluding hydrogens is 264 g/mol. The van der Waals surface area contributed by atoms with Crippen LogP contribution in [0.1, 0.15) is 13.3 Å². The molecule has 0 aliphatic carbocycles. The largest absolute Gasteiger partial charge is 0.437 e. The molecule has 0 atom stereocenters. The summed E-state index contributed by atoms with van der Waals surface area (Å²) in [6, 6.07) is 11.5. The first-order chi connectivity index (χ1) is 10.4. The Morgan fingerprint density at radius 2 is 2.00 bits per heavy atom. The van der Waals surface area contributed by atoms with Crippen LogP contribution in [-0.2, 0) is 0 Å². The van der Waals surface area contributed by atoms with Crippen molar-refractivity contribution in [3.8, 4) is 11.6 Å². The van der Waals surface area contributed by atoms with Crippen molar-refractivity contribution in [1.29, 1.82) is 0 Å². The number of hydrogen-bond donors (Lipinski definition) is 1. The van der Waals surface area contributed by atoms with Crippen LogP contribution in [0.4, 0.5) is 5.82 Å². The summed E-state index contributed by atoms with van der Waals surface area (Å²) >= 11 is 0. The van der Waals surface area contributed by atoms with Crippen molar-refractivity contribution >= 4 is 16.7 Å². The van der Waals surface area contributed by atoms with Gasteiger partial charge in [0.15, 0.2) is 5.75 Å². The number of nitrogens with one attached hydrogen (secondary N) is 1. The minimum absolute atomic E-state index is 0.502. The lowest BCUT2D eigenvalue weighted by Crippen LogP contribution is -2.02. The van der Waals surface area contributed by atoms with Crippen LogP contribution in [0.25, 0.3) is 10.9 Å². The van der Waals surface area contributed by atoms with E-state index >= 15 is 0 Å². The fourth-order valence-corrected chi connectivity index (χ4v) is 2.02. The molecule has 1 aromatic carbocycles. The number of hydrogen-bond acceptors (Lipinski definition) is 5. The summed E-state index contributed by atoms with van der Waals surface area (Å²) in [5.41, 5.74) is 0.821. The van der Waals surface area contributed by atoms with E-state index in [2.05, 4.69) is 27.2 Å². The second-order valence-electron chi connectivity index (χ2n) is 4.60. The lowest BCUT2D eigenvalue weighted by atomic mass is 10.2. The minimum Gasteiger partial charge on any atom is -0.437 e. The van der Waals surface area contributed by atoms with Crippen molar-refractivity contribution in [2.45, 2.75) is 13.3 Å². The maximum atomic E-state index is 5.86. The molecule has 0 spiro atoms. The number of benzene rings is 1. The van der Waals surface area contributed by atoms with Gasteiger partial charge in [-0.25, -0.2) is 9.97 Å². The van der Waals surface area contributed by atoms with Crippen LogP contribution in [0.3, 0.4) is 0 Å². The summed E-state index contributed by atoms with van der Waals surface area (Å²) in [4.78, 5) is 12.7. The van der Waals surface area contributed by atoms with Gasteiger partial charge in [-0.05, 0) is 18.6 Å². The van der Waals surface area contributed by atoms with E-state index in [9.17, 15) is 0 Å². The normalized spacial score (nSPS) is 10.5. The van der Waals surface area contributed by atoms with Crippen LogP contribution in [0, 0.1) is 0 Å². The molecule has 0 aliphatic heterocycles. The lowest BCUT2D eigenvalue weighted by molar-refractivity contribution is 0.466. The van der Waals surface area contributed by atoms with Gasteiger partial charge in [0.05, 0.1) is 0 Å². The predicted octanol–water partition coefficient (Wildman–Crippen LogP) is 3.64. The van der Waals surface area contributed by atoms with Gasteiger partial charge in [0.2, 0.25) is 5.88 Å². The number of pyridine rings is 1. The van der Waals surface area contributed by atoms with Crippen molar-refractivity contribution in [2.75, 3.05) is 11.9 Å². The number of rotatable bonds is 5. The molecule has 0 bridgehead atoms. The molecule has 0 fully saturated rings. The molecule has 0 saturated heterocycles. The number of nitrogens with zero attached hydrogens (tertiary/aromatic N) is 3. The van der Waals surface area contributed by atoms with E-state index in [1.807, 2.05) is 30.3 Å². The topological polar surface area (TPSA) is 59.9 Å². The second-order valence-corrected chi connectivity index (χ2v) is 4.60. The maximum absolute atomic E-state index is 5.86. The van der Waals surface area contributed by atoms with Gasteiger partial charge in [-0.3, -0.25) is 4.98 Å². The third-order valence-corrected chi connectivity index (χ3v) is 3.01. The van der Waals surface area contributed by atoms with Gasteiger partial charge >= 0.3 is 0 Å². The minimum atomic E-state index is 0.502. The molecule has 21 heavy (non-hydrogen) atoms. The van der Waals surface area contributed by atoms with E-state index < -0.39 is 0 Å². The molecule has 3 aromatic rings. The second kappa shape index (κ2) is 6.17. The zero-order valence-corrected chi connectivity index (χ0v) is 11.8. The first kappa shape index (κ1) is 13.3. The molecule has 5 nitrogen and oxygen atoms in total. The molecule has 2 heterocycles. The molecule has 0 unspecified atom stereocenters. The van der Waals surface area contributed by atoms with Gasteiger partial charge < -0.3 is 10.1 Å². The van der Waals surface area contributed by atoms with E-state index in [0.717, 1.165) is 29.7 Å². The number of anilines is 1. The van der Waals surface area contributed by atoms with Gasteiger partial charge in [-0.1, -0.05) is 25.1 Å². The van der Waals surface area contributed by atoms with E-state index in [-0.39, 0.29) is 0 Å². The van der Waals surface area contributed by atoms with Crippen LogP contribution in [0.5, 0.6) is 11.6 Å². The van der Waals surface area contributed by atoms with Gasteiger partial charge in [-0.2, -0.15) is 0 Å². The Hall–Kier alpha value is -2.69. The van der Waals surface area contributed by atoms with E-state index in [1.54, 1.807) is 12.3 Å². The molecular formula is C16H16N4O. The highest BCUT2D eigenvalue weighted by Crippen LogP contribution is 2.27. The molecule has 0 aliphatic rings. The van der Waals surface area contributed by atoms with Crippen LogP contribution < -0.4 is 10.1 Å². The van der Waals surface area contributed by atoms with Crippen LogP contribution in [0.15, 0.2) is 48.9 Å². The van der Waals surface area contributed by atoms with Gasteiger partial charge in [0.1, 0.15) is 17.7 Å². The van der Waals surface area contributed by atoms with Gasteiger partial charge in [-0.15, -0.1) is 0 Å². The molecule has 1 N–H and O–H groups in total. The smallest absolute Gasteiger partial charge is 0.224 e. The highest BCUT2D eigenvalue weighted by atomic mass is 16.5. The highest BCUT2D eigenvalue weighted by molar-refractivity contribution is 5.84. The van der Waals surface area contributed by atoms with Crippen molar-refractivity contribution in [3.05, 3.63) is 48.9 Å². The summed E-state index contributed by atoms with van der Waals surface area (Å²) < 4.78 is 5.86. The Morgan fingerprint density at radius 3 is 2.90 bits per heavy atom. The Morgan fingerprint density at radius 1 is 1.10 bits per heavy atom. The van der Waals surface area contributed by atoms with Gasteiger partial charge in [0, 0.05) is 24.2 Å². The van der Waals surface area contributed by atoms with Crippen molar-refractivity contribution in [1.82, 2.24) is 15.0 Å². The standard InChI is InChI=1S/C16H16N4O/c1-2-8-17-14-10-15(20-11-19-14)21-13-7-3-5-12-6-4-9-18-16(12)13/h3-7,9-11H,2,8H2,1H3,(H,17,19,20). The first-order valence-corrected chi connectivity index (χ1v) is 6.94. The summed E-state index contributed by atoms with van der Waals surface area (Å²) in [5, 5.41) is 4.25. The molecule has 3 rings (SSSR count). The quantitative estimate of drug-likeness (QED) is 0.773. The zero-order chi connectivity index (χ0) is 14.5. The Bertz CT molecular complexity index is 740. The highest BCUT2D eigenvalue weighted by Gasteiger charge is 2.06. The SMILES string of the molecule is CCCNc1cc(Oc2cccc3cccnc23)ncn1. The molecule has 0 radical (unpaired) electrons. The summed E-state index contributed by atoms with van der Waals surface area (Å²) in [6.07, 6.45) is 4.28. The summed E-state index contributed by atoms with van der Waals surface area (Å²) in [6.45, 7) is 2.97. The van der Waals surface area contributed by atoms with Crippen molar-refractivity contribution in [3.63, 3.8) is 0 Å². The lowest BCUT2D eigenvalue weighted by Gasteiger charge is -2.08. The summed E-state index contributed by atoms with van der Waals surface area (Å²) in [5.74, 6) is 1.95. The monoisotopic (exact) mass is 280 g/mol. The molecule has 0 saturated carbocycles. The van der Waals surface area contributed by atoms with Crippen molar-refractivity contribution < 1.29 is 4.74 Å². The third kappa shape index (κ3) is 3.08. The van der Waals surface area contributed by atoms with E-state index in [0.29, 0.717) is 11.6 Å². The predicted molar refractivity (Wildman–Crippen MR) is 82.6 cm³/mol. The average Bonchev–Trinajstić information content (AvgIpc) is 2.54. The van der Waals surface area contributed by atoms with E-state index in [1.165, 1.54) is 6.33 Å². The number of ether oxygens (including phenoxy) is 1.